The fraction of sp³-hybridized carbons (Fsp3) is 0.529. The lowest BCUT2D eigenvalue weighted by Gasteiger charge is -2.17. The molecule has 0 aliphatic heterocycles. The topological polar surface area (TPSA) is 84.2 Å². The third-order valence-corrected chi connectivity index (χ3v) is 3.36. The summed E-state index contributed by atoms with van der Waals surface area (Å²) >= 11 is 0. The van der Waals surface area contributed by atoms with Gasteiger partial charge in [0, 0.05) is 24.1 Å². The molecule has 0 fully saturated rings. The molecule has 1 aromatic carbocycles. The van der Waals surface area contributed by atoms with Crippen LogP contribution in [0.15, 0.2) is 24.3 Å². The lowest BCUT2D eigenvalue weighted by atomic mass is 9.95. The summed E-state index contributed by atoms with van der Waals surface area (Å²) in [5.74, 6) is 0.159. The van der Waals surface area contributed by atoms with Gasteiger partial charge in [0.1, 0.15) is 0 Å². The Hall–Kier alpha value is -1.88. The van der Waals surface area contributed by atoms with E-state index in [4.69, 9.17) is 5.73 Å². The number of nitrogens with two attached hydrogens (primary N) is 1. The van der Waals surface area contributed by atoms with Crippen molar-refractivity contribution in [2.45, 2.75) is 34.2 Å². The number of benzene rings is 1. The average Bonchev–Trinajstić information content (AvgIpc) is 2.49. The van der Waals surface area contributed by atoms with Crippen LogP contribution in [0.25, 0.3) is 0 Å². The molecule has 22 heavy (non-hydrogen) atoms. The Labute approximate surface area is 132 Å². The Bertz CT molecular complexity index is 504. The van der Waals surface area contributed by atoms with Gasteiger partial charge in [0.25, 0.3) is 5.91 Å². The molecule has 0 saturated carbocycles. The summed E-state index contributed by atoms with van der Waals surface area (Å²) in [7, 11) is 0. The first-order valence-electron chi connectivity index (χ1n) is 7.59. The highest BCUT2D eigenvalue weighted by Gasteiger charge is 2.20. The van der Waals surface area contributed by atoms with Gasteiger partial charge in [-0.05, 0) is 30.2 Å². The predicted octanol–water partition coefficient (Wildman–Crippen LogP) is 1.67. The summed E-state index contributed by atoms with van der Waals surface area (Å²) in [6.07, 6.45) is 0. The van der Waals surface area contributed by atoms with Crippen LogP contribution in [0.2, 0.25) is 0 Å². The third kappa shape index (κ3) is 5.85. The summed E-state index contributed by atoms with van der Waals surface area (Å²) < 4.78 is 0. The number of amides is 2. The van der Waals surface area contributed by atoms with E-state index in [1.807, 2.05) is 39.8 Å². The molecule has 1 aromatic rings. The first-order chi connectivity index (χ1) is 10.2. The van der Waals surface area contributed by atoms with Crippen molar-refractivity contribution in [3.8, 4) is 0 Å². The Balaban J connectivity index is 2.52. The SMILES string of the molecule is CC(CN)CNC(=O)c1ccc(CNC(=O)C(C)(C)C)cc1. The molecule has 0 aliphatic rings. The van der Waals surface area contributed by atoms with E-state index in [1.165, 1.54) is 0 Å². The van der Waals surface area contributed by atoms with Crippen molar-refractivity contribution in [1.29, 1.82) is 0 Å². The van der Waals surface area contributed by atoms with Gasteiger partial charge in [-0.15, -0.1) is 0 Å². The van der Waals surface area contributed by atoms with E-state index >= 15 is 0 Å². The van der Waals surface area contributed by atoms with Crippen LogP contribution < -0.4 is 16.4 Å². The molecule has 5 nitrogen and oxygen atoms in total. The van der Waals surface area contributed by atoms with E-state index in [0.717, 1.165) is 5.56 Å². The molecular formula is C17H27N3O2. The van der Waals surface area contributed by atoms with Crippen molar-refractivity contribution in [1.82, 2.24) is 10.6 Å². The molecular weight excluding hydrogens is 278 g/mol. The van der Waals surface area contributed by atoms with E-state index in [2.05, 4.69) is 10.6 Å². The number of rotatable bonds is 6. The van der Waals surface area contributed by atoms with Gasteiger partial charge in [0.05, 0.1) is 0 Å². The fourth-order valence-corrected chi connectivity index (χ4v) is 1.67. The smallest absolute Gasteiger partial charge is 0.251 e. The van der Waals surface area contributed by atoms with Gasteiger partial charge >= 0.3 is 0 Å². The van der Waals surface area contributed by atoms with Gasteiger partial charge in [-0.2, -0.15) is 0 Å². The molecule has 2 amide bonds. The quantitative estimate of drug-likeness (QED) is 0.747. The van der Waals surface area contributed by atoms with Gasteiger partial charge in [-0.1, -0.05) is 39.8 Å². The zero-order valence-electron chi connectivity index (χ0n) is 13.9. The number of hydrogen-bond acceptors (Lipinski definition) is 3. The molecule has 1 unspecified atom stereocenters. The number of nitrogens with one attached hydrogen (secondary N) is 2. The average molecular weight is 305 g/mol. The molecule has 0 aliphatic carbocycles. The third-order valence-electron chi connectivity index (χ3n) is 3.36. The molecule has 0 heterocycles. The Morgan fingerprint density at radius 2 is 1.73 bits per heavy atom. The minimum Gasteiger partial charge on any atom is -0.352 e. The fourth-order valence-electron chi connectivity index (χ4n) is 1.67. The molecule has 1 rings (SSSR count). The van der Waals surface area contributed by atoms with Crippen LogP contribution in [-0.2, 0) is 11.3 Å². The Morgan fingerprint density at radius 3 is 2.23 bits per heavy atom. The van der Waals surface area contributed by atoms with Crippen molar-refractivity contribution in [3.05, 3.63) is 35.4 Å². The summed E-state index contributed by atoms with van der Waals surface area (Å²) in [6.45, 7) is 9.18. The summed E-state index contributed by atoms with van der Waals surface area (Å²) in [6, 6.07) is 7.23. The second-order valence-electron chi connectivity index (χ2n) is 6.68. The highest BCUT2D eigenvalue weighted by molar-refractivity contribution is 5.94. The van der Waals surface area contributed by atoms with E-state index in [-0.39, 0.29) is 17.7 Å². The monoisotopic (exact) mass is 305 g/mol. The second kappa shape index (κ2) is 7.94. The van der Waals surface area contributed by atoms with Crippen molar-refractivity contribution < 1.29 is 9.59 Å². The van der Waals surface area contributed by atoms with Crippen LogP contribution in [0.4, 0.5) is 0 Å². The van der Waals surface area contributed by atoms with Crippen LogP contribution in [-0.4, -0.2) is 24.9 Å². The zero-order chi connectivity index (χ0) is 16.8. The summed E-state index contributed by atoms with van der Waals surface area (Å²) in [5, 5.41) is 5.73. The van der Waals surface area contributed by atoms with E-state index < -0.39 is 5.41 Å². The van der Waals surface area contributed by atoms with Crippen LogP contribution in [0.3, 0.4) is 0 Å². The van der Waals surface area contributed by atoms with E-state index in [1.54, 1.807) is 12.1 Å². The van der Waals surface area contributed by atoms with Crippen LogP contribution in [0.5, 0.6) is 0 Å². The van der Waals surface area contributed by atoms with Gasteiger partial charge in [-0.25, -0.2) is 0 Å². The predicted molar refractivity (Wildman–Crippen MR) is 88.3 cm³/mol. The molecule has 4 N–H and O–H groups in total. The molecule has 0 bridgehead atoms. The van der Waals surface area contributed by atoms with Crippen LogP contribution >= 0.6 is 0 Å². The highest BCUT2D eigenvalue weighted by Crippen LogP contribution is 2.13. The van der Waals surface area contributed by atoms with Crippen molar-refractivity contribution in [2.24, 2.45) is 17.1 Å². The van der Waals surface area contributed by atoms with E-state index in [0.29, 0.717) is 25.2 Å². The van der Waals surface area contributed by atoms with E-state index in [9.17, 15) is 9.59 Å². The van der Waals surface area contributed by atoms with Gasteiger partial charge < -0.3 is 16.4 Å². The first kappa shape index (κ1) is 18.2. The molecule has 5 heteroatoms. The molecule has 0 radical (unpaired) electrons. The summed E-state index contributed by atoms with van der Waals surface area (Å²) in [4.78, 5) is 23.8. The molecule has 1 atom stereocenters. The maximum atomic E-state index is 12.0. The lowest BCUT2D eigenvalue weighted by molar-refractivity contribution is -0.128. The van der Waals surface area contributed by atoms with Gasteiger partial charge in [0.15, 0.2) is 0 Å². The second-order valence-corrected chi connectivity index (χ2v) is 6.68. The lowest BCUT2D eigenvalue weighted by Crippen LogP contribution is -2.34. The maximum absolute atomic E-state index is 12.0. The Kier molecular flexibility index (Phi) is 6.56. The van der Waals surface area contributed by atoms with Crippen LogP contribution in [0, 0.1) is 11.3 Å². The Morgan fingerprint density at radius 1 is 1.14 bits per heavy atom. The molecule has 122 valence electrons. The minimum atomic E-state index is -0.403. The normalized spacial score (nSPS) is 12.6. The highest BCUT2D eigenvalue weighted by atomic mass is 16.2. The molecule has 0 aromatic heterocycles. The largest absolute Gasteiger partial charge is 0.352 e. The van der Waals surface area contributed by atoms with Crippen molar-refractivity contribution in [2.75, 3.05) is 13.1 Å². The number of carbonyl (C=O) groups is 2. The van der Waals surface area contributed by atoms with Crippen molar-refractivity contribution >= 4 is 11.8 Å². The molecule has 0 saturated heterocycles. The first-order valence-corrected chi connectivity index (χ1v) is 7.59. The maximum Gasteiger partial charge on any atom is 0.251 e. The standard InChI is InChI=1S/C17H27N3O2/c1-12(9-18)10-19-15(21)14-7-5-13(6-8-14)11-20-16(22)17(2,3)4/h5-8,12H,9-11,18H2,1-4H3,(H,19,21)(H,20,22). The zero-order valence-corrected chi connectivity index (χ0v) is 13.9. The molecule has 0 spiro atoms. The van der Waals surface area contributed by atoms with Gasteiger partial charge in [0.2, 0.25) is 5.91 Å². The summed E-state index contributed by atoms with van der Waals surface area (Å²) in [5.41, 5.74) is 6.69. The number of carbonyl (C=O) groups excluding carboxylic acids is 2. The number of hydrogen-bond donors (Lipinski definition) is 3. The van der Waals surface area contributed by atoms with Crippen LogP contribution in [0.1, 0.15) is 43.6 Å². The minimum absolute atomic E-state index is 0.00471. The van der Waals surface area contributed by atoms with Crippen molar-refractivity contribution in [3.63, 3.8) is 0 Å². The van der Waals surface area contributed by atoms with Gasteiger partial charge in [-0.3, -0.25) is 9.59 Å².